The molecule has 4 rings (SSSR count). The first-order valence-electron chi connectivity index (χ1n) is 13.0. The second-order valence-electron chi connectivity index (χ2n) is 9.45. The van der Waals surface area contributed by atoms with Crippen molar-refractivity contribution in [2.45, 2.75) is 44.4 Å². The average Bonchev–Trinajstić information content (AvgIpc) is 3.08. The van der Waals surface area contributed by atoms with Crippen LogP contribution in [0.2, 0.25) is 10.0 Å². The van der Waals surface area contributed by atoms with Crippen LogP contribution in [-0.2, 0) is 25.8 Å². The van der Waals surface area contributed by atoms with Gasteiger partial charge in [0.2, 0.25) is 11.8 Å². The van der Waals surface area contributed by atoms with Crippen LogP contribution < -0.4 is 10.7 Å². The molecule has 0 radical (unpaired) electrons. The van der Waals surface area contributed by atoms with Crippen molar-refractivity contribution in [3.8, 4) is 0 Å². The summed E-state index contributed by atoms with van der Waals surface area (Å²) in [6.07, 6.45) is 1.11. The van der Waals surface area contributed by atoms with E-state index in [1.165, 1.54) is 5.01 Å². The minimum absolute atomic E-state index is 0.0767. The quantitative estimate of drug-likeness (QED) is 0.272. The molecule has 2 saturated heterocycles. The molecule has 222 valence electrons. The molecule has 15 heteroatoms. The molecule has 2 unspecified atom stereocenters. The van der Waals surface area contributed by atoms with Crippen molar-refractivity contribution in [2.24, 2.45) is 5.16 Å². The van der Waals surface area contributed by atoms with E-state index in [9.17, 15) is 29.1 Å². The van der Waals surface area contributed by atoms with E-state index in [-0.39, 0.29) is 32.5 Å². The number of oxime groups is 1. The highest BCUT2D eigenvalue weighted by atomic mass is 35.5. The summed E-state index contributed by atoms with van der Waals surface area (Å²) in [6, 6.07) is 10.1. The zero-order chi connectivity index (χ0) is 30.2. The van der Waals surface area contributed by atoms with Gasteiger partial charge in [0.25, 0.3) is 5.91 Å². The summed E-state index contributed by atoms with van der Waals surface area (Å²) in [5.74, 6) is -2.88. The number of carboxylic acids is 1. The van der Waals surface area contributed by atoms with Crippen molar-refractivity contribution >= 4 is 59.1 Å². The fraction of sp³-hybridized carbons (Fsp3) is 0.333. The lowest BCUT2D eigenvalue weighted by Crippen LogP contribution is -2.64. The molecule has 2 heterocycles. The van der Waals surface area contributed by atoms with Crippen LogP contribution in [0.3, 0.4) is 0 Å². The monoisotopic (exact) mass is 618 g/mol. The number of hydrazine groups is 2. The van der Waals surface area contributed by atoms with Gasteiger partial charge in [-0.05, 0) is 37.1 Å². The van der Waals surface area contributed by atoms with Crippen molar-refractivity contribution in [3.05, 3.63) is 69.7 Å². The molecule has 0 saturated carbocycles. The number of benzene rings is 2. The molecule has 2 aromatic rings. The Kier molecular flexibility index (Phi) is 10.2. The topological polar surface area (TPSA) is 161 Å². The Bertz CT molecular complexity index is 1360. The predicted molar refractivity (Wildman–Crippen MR) is 151 cm³/mol. The molecule has 2 atom stereocenters. The first kappa shape index (κ1) is 30.6. The average molecular weight is 619 g/mol. The lowest BCUT2D eigenvalue weighted by Gasteiger charge is -2.43. The second-order valence-corrected chi connectivity index (χ2v) is 10.3. The maximum atomic E-state index is 13.6. The van der Waals surface area contributed by atoms with Gasteiger partial charge in [0.15, 0.2) is 0 Å². The molecular weight excluding hydrogens is 591 g/mol. The van der Waals surface area contributed by atoms with E-state index in [1.807, 2.05) is 0 Å². The molecule has 0 aliphatic carbocycles. The van der Waals surface area contributed by atoms with Gasteiger partial charge in [0.1, 0.15) is 12.6 Å². The van der Waals surface area contributed by atoms with Gasteiger partial charge in [0, 0.05) is 34.1 Å². The van der Waals surface area contributed by atoms with Crippen molar-refractivity contribution in [2.75, 3.05) is 13.1 Å². The highest BCUT2D eigenvalue weighted by Gasteiger charge is 2.44. The lowest BCUT2D eigenvalue weighted by molar-refractivity contribution is -0.155. The molecule has 13 nitrogen and oxygen atoms in total. The number of carbonyl (C=O) groups excluding carboxylic acids is 4. The zero-order valence-electron chi connectivity index (χ0n) is 22.2. The summed E-state index contributed by atoms with van der Waals surface area (Å²) in [5.41, 5.74) is 3.30. The van der Waals surface area contributed by atoms with E-state index in [1.54, 1.807) is 48.5 Å². The van der Waals surface area contributed by atoms with Gasteiger partial charge in [-0.25, -0.2) is 19.8 Å². The maximum Gasteiger partial charge on any atom is 0.358 e. The maximum absolute atomic E-state index is 13.6. The molecule has 2 fully saturated rings. The smallest absolute Gasteiger partial charge is 0.358 e. The van der Waals surface area contributed by atoms with Gasteiger partial charge >= 0.3 is 12.0 Å². The molecule has 0 aromatic heterocycles. The predicted octanol–water partition coefficient (Wildman–Crippen LogP) is 2.83. The third-order valence-corrected chi connectivity index (χ3v) is 7.26. The van der Waals surface area contributed by atoms with Crippen LogP contribution in [0.5, 0.6) is 0 Å². The van der Waals surface area contributed by atoms with Gasteiger partial charge < -0.3 is 15.3 Å². The van der Waals surface area contributed by atoms with E-state index in [0.717, 1.165) is 16.2 Å². The molecule has 3 N–H and O–H groups in total. The Hall–Kier alpha value is -4.36. The van der Waals surface area contributed by atoms with E-state index < -0.39 is 48.2 Å². The molecule has 42 heavy (non-hydrogen) atoms. The van der Waals surface area contributed by atoms with Crippen LogP contribution in [0.1, 0.15) is 41.6 Å². The number of nitrogens with zero attached hydrogens (tertiary/aromatic N) is 4. The molecular formula is C27H28Cl2N6O7. The van der Waals surface area contributed by atoms with E-state index in [2.05, 4.69) is 15.9 Å². The minimum atomic E-state index is -1.22. The highest BCUT2D eigenvalue weighted by molar-refractivity contribution is 6.35. The SMILES string of the molecule is O=C(O)CC(C=NOCc1c(Cl)cccc1Cl)NC(=O)C1CCCN2C(=O)CCN(NC(=O)c3ccccc3)C(=O)N12. The van der Waals surface area contributed by atoms with Gasteiger partial charge in [-0.15, -0.1) is 0 Å². The minimum Gasteiger partial charge on any atom is -0.481 e. The van der Waals surface area contributed by atoms with Crippen LogP contribution in [0.15, 0.2) is 53.7 Å². The van der Waals surface area contributed by atoms with E-state index >= 15 is 0 Å². The number of fused-ring (bicyclic) bond motifs is 1. The van der Waals surface area contributed by atoms with Crippen molar-refractivity contribution in [1.82, 2.24) is 25.8 Å². The van der Waals surface area contributed by atoms with Gasteiger partial charge in [-0.2, -0.15) is 0 Å². The Morgan fingerprint density at radius 2 is 1.79 bits per heavy atom. The normalized spacial score (nSPS) is 17.9. The second kappa shape index (κ2) is 14.0. The Morgan fingerprint density at radius 3 is 2.48 bits per heavy atom. The van der Waals surface area contributed by atoms with Crippen LogP contribution in [0.25, 0.3) is 0 Å². The van der Waals surface area contributed by atoms with Gasteiger partial charge in [-0.1, -0.05) is 52.6 Å². The summed E-state index contributed by atoms with van der Waals surface area (Å²) >= 11 is 12.2. The van der Waals surface area contributed by atoms with Crippen LogP contribution >= 0.6 is 23.2 Å². The fourth-order valence-corrected chi connectivity index (χ4v) is 5.00. The standard InChI is InChI=1S/C27H28Cl2N6O7/c28-20-8-4-9-21(29)19(20)16-42-30-15-18(14-24(37)38)31-26(40)22-10-5-12-34-23(36)11-13-33(27(41)35(22)34)32-25(39)17-6-2-1-3-7-17/h1-4,6-9,15,18,22H,5,10-14,16H2,(H,31,40)(H,32,39)(H,37,38). The number of halogens is 2. The van der Waals surface area contributed by atoms with Crippen molar-refractivity contribution < 1.29 is 33.9 Å². The third-order valence-electron chi connectivity index (χ3n) is 6.55. The summed E-state index contributed by atoms with van der Waals surface area (Å²) in [5, 5.41) is 19.7. The molecule has 5 amide bonds. The van der Waals surface area contributed by atoms with E-state index in [0.29, 0.717) is 27.6 Å². The first-order chi connectivity index (χ1) is 20.2. The van der Waals surface area contributed by atoms with Gasteiger partial charge in [-0.3, -0.25) is 24.6 Å². The molecule has 2 aromatic carbocycles. The highest BCUT2D eigenvalue weighted by Crippen LogP contribution is 2.25. The Morgan fingerprint density at radius 1 is 1.07 bits per heavy atom. The van der Waals surface area contributed by atoms with Crippen molar-refractivity contribution in [1.29, 1.82) is 0 Å². The summed E-state index contributed by atoms with van der Waals surface area (Å²) in [4.78, 5) is 69.3. The van der Waals surface area contributed by atoms with Gasteiger partial charge in [0.05, 0.1) is 25.2 Å². The Labute approximate surface area is 250 Å². The number of amides is 5. The number of rotatable bonds is 10. The molecule has 0 bridgehead atoms. The number of urea groups is 1. The largest absolute Gasteiger partial charge is 0.481 e. The summed E-state index contributed by atoms with van der Waals surface area (Å²) < 4.78 is 0. The number of hydrogen-bond donors (Lipinski definition) is 3. The van der Waals surface area contributed by atoms with Crippen LogP contribution in [0.4, 0.5) is 4.79 Å². The van der Waals surface area contributed by atoms with Crippen LogP contribution in [-0.4, -0.2) is 81.2 Å². The zero-order valence-corrected chi connectivity index (χ0v) is 23.8. The Balaban J connectivity index is 1.47. The van der Waals surface area contributed by atoms with E-state index in [4.69, 9.17) is 28.0 Å². The first-order valence-corrected chi connectivity index (χ1v) is 13.8. The summed E-state index contributed by atoms with van der Waals surface area (Å²) in [7, 11) is 0. The number of nitrogens with one attached hydrogen (secondary N) is 2. The third kappa shape index (κ3) is 7.47. The molecule has 0 spiro atoms. The lowest BCUT2D eigenvalue weighted by atomic mass is 10.1. The number of hydrogen-bond acceptors (Lipinski definition) is 7. The van der Waals surface area contributed by atoms with Crippen LogP contribution in [0, 0.1) is 0 Å². The number of aliphatic carboxylic acids is 1. The number of carbonyl (C=O) groups is 5. The van der Waals surface area contributed by atoms with Crippen molar-refractivity contribution in [3.63, 3.8) is 0 Å². The number of carboxylic acid groups (broad SMARTS) is 1. The summed E-state index contributed by atoms with van der Waals surface area (Å²) in [6.45, 7) is 0.00119. The fourth-order valence-electron chi connectivity index (χ4n) is 4.49. The molecule has 2 aliphatic heterocycles. The molecule has 2 aliphatic rings.